The smallest absolute Gasteiger partial charge is 0.309 e. The summed E-state index contributed by atoms with van der Waals surface area (Å²) < 4.78 is 5.52. The second-order valence-electron chi connectivity index (χ2n) is 6.44. The summed E-state index contributed by atoms with van der Waals surface area (Å²) in [6, 6.07) is 7.04. The van der Waals surface area contributed by atoms with Gasteiger partial charge < -0.3 is 15.2 Å². The molecule has 1 atom stereocenters. The van der Waals surface area contributed by atoms with E-state index in [1.54, 1.807) is 45.0 Å². The number of ether oxygens (including phenoxy) is 1. The van der Waals surface area contributed by atoms with E-state index in [0.29, 0.717) is 17.9 Å². The molecular formula is C17H22N2O5. The van der Waals surface area contributed by atoms with Gasteiger partial charge in [0.2, 0.25) is 5.91 Å². The SMILES string of the molecule is CC1Oc2ccccc2N(CC(=O)NCCC(C)(C)C(=O)O)C1=O. The van der Waals surface area contributed by atoms with Gasteiger partial charge in [-0.15, -0.1) is 0 Å². The summed E-state index contributed by atoms with van der Waals surface area (Å²) in [7, 11) is 0. The third-order valence-electron chi connectivity index (χ3n) is 4.03. The highest BCUT2D eigenvalue weighted by atomic mass is 16.5. The van der Waals surface area contributed by atoms with Crippen LogP contribution < -0.4 is 15.0 Å². The number of carboxylic acids is 1. The van der Waals surface area contributed by atoms with Gasteiger partial charge in [0.25, 0.3) is 5.91 Å². The van der Waals surface area contributed by atoms with Crippen LogP contribution in [0.5, 0.6) is 5.75 Å². The first kappa shape index (κ1) is 17.8. The van der Waals surface area contributed by atoms with Crippen molar-refractivity contribution in [1.82, 2.24) is 5.32 Å². The van der Waals surface area contributed by atoms with Crippen LogP contribution in [0.3, 0.4) is 0 Å². The maximum absolute atomic E-state index is 12.3. The Balaban J connectivity index is 1.98. The Bertz CT molecular complexity index is 656. The van der Waals surface area contributed by atoms with Gasteiger partial charge in [0.1, 0.15) is 12.3 Å². The number of fused-ring (bicyclic) bond motifs is 1. The maximum atomic E-state index is 12.3. The van der Waals surface area contributed by atoms with Crippen molar-refractivity contribution in [3.8, 4) is 5.75 Å². The van der Waals surface area contributed by atoms with Gasteiger partial charge in [-0.25, -0.2) is 0 Å². The fraction of sp³-hybridized carbons (Fsp3) is 0.471. The van der Waals surface area contributed by atoms with E-state index in [2.05, 4.69) is 5.32 Å². The first-order chi connectivity index (χ1) is 11.2. The molecule has 1 unspecified atom stereocenters. The van der Waals surface area contributed by atoms with E-state index in [9.17, 15) is 14.4 Å². The molecule has 0 saturated heterocycles. The van der Waals surface area contributed by atoms with Crippen molar-refractivity contribution in [3.05, 3.63) is 24.3 Å². The maximum Gasteiger partial charge on any atom is 0.309 e. The highest BCUT2D eigenvalue weighted by molar-refractivity contribution is 6.03. The number of carbonyl (C=O) groups excluding carboxylic acids is 2. The van der Waals surface area contributed by atoms with Gasteiger partial charge in [-0.2, -0.15) is 0 Å². The lowest BCUT2D eigenvalue weighted by Crippen LogP contribution is -2.49. The van der Waals surface area contributed by atoms with Crippen LogP contribution >= 0.6 is 0 Å². The van der Waals surface area contributed by atoms with Gasteiger partial charge in [-0.05, 0) is 39.3 Å². The van der Waals surface area contributed by atoms with Crippen LogP contribution in [0.2, 0.25) is 0 Å². The summed E-state index contributed by atoms with van der Waals surface area (Å²) in [4.78, 5) is 36.9. The Morgan fingerprint density at radius 1 is 1.33 bits per heavy atom. The van der Waals surface area contributed by atoms with Gasteiger partial charge in [0.15, 0.2) is 6.10 Å². The van der Waals surface area contributed by atoms with Gasteiger partial charge in [0.05, 0.1) is 11.1 Å². The predicted molar refractivity (Wildman–Crippen MR) is 87.9 cm³/mol. The minimum absolute atomic E-state index is 0.128. The highest BCUT2D eigenvalue weighted by Crippen LogP contribution is 2.33. The summed E-state index contributed by atoms with van der Waals surface area (Å²) in [5.41, 5.74) is -0.356. The number of aliphatic carboxylic acids is 1. The van der Waals surface area contributed by atoms with Crippen molar-refractivity contribution in [3.63, 3.8) is 0 Å². The third-order valence-corrected chi connectivity index (χ3v) is 4.03. The summed E-state index contributed by atoms with van der Waals surface area (Å²) in [5.74, 6) is -0.976. The molecule has 2 N–H and O–H groups in total. The molecule has 1 heterocycles. The van der Waals surface area contributed by atoms with Crippen LogP contribution in [0.1, 0.15) is 27.2 Å². The number of carbonyl (C=O) groups is 3. The molecule has 0 aromatic heterocycles. The molecule has 0 saturated carbocycles. The molecule has 2 amide bonds. The van der Waals surface area contributed by atoms with Crippen LogP contribution in [-0.4, -0.2) is 42.1 Å². The normalized spacial score (nSPS) is 17.0. The number of nitrogens with zero attached hydrogens (tertiary/aromatic N) is 1. The quantitative estimate of drug-likeness (QED) is 0.820. The summed E-state index contributed by atoms with van der Waals surface area (Å²) >= 11 is 0. The Morgan fingerprint density at radius 2 is 2.00 bits per heavy atom. The molecule has 0 bridgehead atoms. The van der Waals surface area contributed by atoms with E-state index in [-0.39, 0.29) is 24.9 Å². The van der Waals surface area contributed by atoms with Crippen molar-refractivity contribution < 1.29 is 24.2 Å². The van der Waals surface area contributed by atoms with Gasteiger partial charge in [-0.1, -0.05) is 12.1 Å². The van der Waals surface area contributed by atoms with Gasteiger partial charge >= 0.3 is 5.97 Å². The Morgan fingerprint density at radius 3 is 2.67 bits per heavy atom. The average Bonchev–Trinajstić information content (AvgIpc) is 2.51. The average molecular weight is 334 g/mol. The highest BCUT2D eigenvalue weighted by Gasteiger charge is 2.32. The Labute approximate surface area is 140 Å². The molecule has 1 aromatic carbocycles. The van der Waals surface area contributed by atoms with Crippen molar-refractivity contribution in [1.29, 1.82) is 0 Å². The van der Waals surface area contributed by atoms with Gasteiger partial charge in [-0.3, -0.25) is 19.3 Å². The van der Waals surface area contributed by atoms with Crippen LogP contribution in [-0.2, 0) is 14.4 Å². The number of nitrogens with one attached hydrogen (secondary N) is 1. The molecular weight excluding hydrogens is 312 g/mol. The fourth-order valence-electron chi connectivity index (χ4n) is 2.34. The van der Waals surface area contributed by atoms with Crippen molar-refractivity contribution in [2.45, 2.75) is 33.3 Å². The lowest BCUT2D eigenvalue weighted by atomic mass is 9.90. The molecule has 7 heteroatoms. The van der Waals surface area contributed by atoms with E-state index < -0.39 is 17.5 Å². The molecule has 7 nitrogen and oxygen atoms in total. The number of hydrogen-bond donors (Lipinski definition) is 2. The van der Waals surface area contributed by atoms with E-state index in [0.717, 1.165) is 0 Å². The zero-order chi connectivity index (χ0) is 17.9. The molecule has 1 aromatic rings. The zero-order valence-electron chi connectivity index (χ0n) is 14.0. The minimum atomic E-state index is -0.914. The second kappa shape index (κ2) is 6.90. The number of anilines is 1. The lowest BCUT2D eigenvalue weighted by Gasteiger charge is -2.32. The molecule has 24 heavy (non-hydrogen) atoms. The first-order valence-corrected chi connectivity index (χ1v) is 7.79. The standard InChI is InChI=1S/C17H22N2O5/c1-11-15(21)19(12-6-4-5-7-13(12)24-11)10-14(20)18-9-8-17(2,3)16(22)23/h4-7,11H,8-10H2,1-3H3,(H,18,20)(H,22,23). The van der Waals surface area contributed by atoms with Crippen molar-refractivity contribution in [2.75, 3.05) is 18.0 Å². The van der Waals surface area contributed by atoms with E-state index in [1.807, 2.05) is 0 Å². The molecule has 2 rings (SSSR count). The number of para-hydroxylation sites is 2. The lowest BCUT2D eigenvalue weighted by molar-refractivity contribution is -0.147. The summed E-state index contributed by atoms with van der Waals surface area (Å²) in [6.07, 6.45) is -0.350. The monoisotopic (exact) mass is 334 g/mol. The van der Waals surface area contributed by atoms with E-state index in [1.165, 1.54) is 4.90 Å². The summed E-state index contributed by atoms with van der Waals surface area (Å²) in [5, 5.41) is 11.7. The Hall–Kier alpha value is -2.57. The number of rotatable bonds is 6. The van der Waals surface area contributed by atoms with Crippen LogP contribution in [0.4, 0.5) is 5.69 Å². The summed E-state index contributed by atoms with van der Waals surface area (Å²) in [6.45, 7) is 4.94. The molecule has 0 fully saturated rings. The fourth-order valence-corrected chi connectivity index (χ4v) is 2.34. The van der Waals surface area contributed by atoms with E-state index >= 15 is 0 Å². The molecule has 0 aliphatic carbocycles. The van der Waals surface area contributed by atoms with Crippen LogP contribution in [0, 0.1) is 5.41 Å². The van der Waals surface area contributed by atoms with Crippen molar-refractivity contribution >= 4 is 23.5 Å². The minimum Gasteiger partial charge on any atom is -0.481 e. The molecule has 0 spiro atoms. The number of hydrogen-bond acceptors (Lipinski definition) is 4. The second-order valence-corrected chi connectivity index (χ2v) is 6.44. The molecule has 1 aliphatic rings. The van der Waals surface area contributed by atoms with Crippen molar-refractivity contribution in [2.24, 2.45) is 5.41 Å². The molecule has 1 aliphatic heterocycles. The Kier molecular flexibility index (Phi) is 5.11. The van der Waals surface area contributed by atoms with Crippen LogP contribution in [0.15, 0.2) is 24.3 Å². The number of benzene rings is 1. The molecule has 0 radical (unpaired) electrons. The van der Waals surface area contributed by atoms with E-state index in [4.69, 9.17) is 9.84 Å². The molecule has 130 valence electrons. The topological polar surface area (TPSA) is 95.9 Å². The number of amides is 2. The zero-order valence-corrected chi connectivity index (χ0v) is 14.0. The van der Waals surface area contributed by atoms with Crippen LogP contribution in [0.25, 0.3) is 0 Å². The predicted octanol–water partition coefficient (Wildman–Crippen LogP) is 1.42. The first-order valence-electron chi connectivity index (χ1n) is 7.79. The number of carboxylic acid groups (broad SMARTS) is 1. The largest absolute Gasteiger partial charge is 0.481 e. The third kappa shape index (κ3) is 3.84. The van der Waals surface area contributed by atoms with Gasteiger partial charge in [0, 0.05) is 6.54 Å².